The molecule has 7 heteroatoms. The summed E-state index contributed by atoms with van der Waals surface area (Å²) >= 11 is 0. The lowest BCUT2D eigenvalue weighted by Crippen LogP contribution is -2.38. The number of carboxylic acids is 1. The highest BCUT2D eigenvalue weighted by molar-refractivity contribution is 6.34. The summed E-state index contributed by atoms with van der Waals surface area (Å²) in [6.45, 7) is 0.778. The van der Waals surface area contributed by atoms with Gasteiger partial charge in [-0.3, -0.25) is 9.59 Å². The van der Waals surface area contributed by atoms with Crippen LogP contribution in [0.5, 0.6) is 0 Å². The van der Waals surface area contributed by atoms with E-state index >= 15 is 0 Å². The molecule has 7 nitrogen and oxygen atoms in total. The van der Waals surface area contributed by atoms with Crippen molar-refractivity contribution in [3.05, 3.63) is 35.4 Å². The molecule has 0 aromatic heterocycles. The Balaban J connectivity index is 2.19. The van der Waals surface area contributed by atoms with E-state index in [2.05, 4.69) is 28.8 Å². The van der Waals surface area contributed by atoms with E-state index < -0.39 is 17.8 Å². The summed E-state index contributed by atoms with van der Waals surface area (Å²) in [7, 11) is 1.44. The molecule has 0 radical (unpaired) electrons. The molecule has 0 saturated carbocycles. The number of aryl methyl sites for hydroxylation is 2. The normalized spacial score (nSPS) is 10.5. The monoisotopic (exact) mass is 392 g/mol. The van der Waals surface area contributed by atoms with Crippen molar-refractivity contribution in [2.45, 2.75) is 51.4 Å². The van der Waals surface area contributed by atoms with Crippen LogP contribution in [0.15, 0.2) is 24.3 Å². The number of carbonyl (C=O) groups is 3. The number of benzene rings is 1. The summed E-state index contributed by atoms with van der Waals surface area (Å²) in [4.78, 5) is 32.8. The maximum atomic E-state index is 11.4. The lowest BCUT2D eigenvalue weighted by Gasteiger charge is -2.10. The fourth-order valence-corrected chi connectivity index (χ4v) is 2.91. The molecule has 0 atom stereocenters. The Labute approximate surface area is 166 Å². The largest absolute Gasteiger partial charge is 0.480 e. The van der Waals surface area contributed by atoms with Crippen molar-refractivity contribution in [3.63, 3.8) is 0 Å². The van der Waals surface area contributed by atoms with E-state index in [1.807, 2.05) is 6.07 Å². The Bertz CT molecular complexity index is 619. The lowest BCUT2D eigenvalue weighted by atomic mass is 9.97. The third-order valence-electron chi connectivity index (χ3n) is 4.42. The molecule has 0 aliphatic carbocycles. The van der Waals surface area contributed by atoms with Gasteiger partial charge in [0.05, 0.1) is 0 Å². The molecule has 0 saturated heterocycles. The standard InChI is InChI=1S/C21H32N2O5/c1-22-20(26)21(27)23-14-8-7-13-18-12-6-5-11-17(18)10-4-2-3-9-15-28-16-19(24)25/h5-6,11-12H,2-4,7-10,13-16H2,1H3,(H,22,26)(H,23,27)(H,24,25). The highest BCUT2D eigenvalue weighted by Gasteiger charge is 2.09. The minimum atomic E-state index is -0.926. The number of rotatable bonds is 14. The van der Waals surface area contributed by atoms with Gasteiger partial charge in [0.2, 0.25) is 0 Å². The summed E-state index contributed by atoms with van der Waals surface area (Å²) in [6, 6.07) is 8.42. The Morgan fingerprint density at radius 2 is 1.50 bits per heavy atom. The average molecular weight is 392 g/mol. The molecular weight excluding hydrogens is 360 g/mol. The molecular formula is C21H32N2O5. The van der Waals surface area contributed by atoms with Crippen LogP contribution in [0.1, 0.15) is 49.7 Å². The van der Waals surface area contributed by atoms with Crippen LogP contribution in [-0.2, 0) is 32.0 Å². The zero-order chi connectivity index (χ0) is 20.6. The number of carboxylic acid groups (broad SMARTS) is 1. The molecule has 0 heterocycles. The first-order chi connectivity index (χ1) is 13.5. The van der Waals surface area contributed by atoms with Crippen molar-refractivity contribution < 1.29 is 24.2 Å². The fourth-order valence-electron chi connectivity index (χ4n) is 2.91. The fraction of sp³-hybridized carbons (Fsp3) is 0.571. The maximum absolute atomic E-state index is 11.4. The molecule has 1 aromatic carbocycles. The molecule has 3 N–H and O–H groups in total. The lowest BCUT2D eigenvalue weighted by molar-refractivity contribution is -0.142. The van der Waals surface area contributed by atoms with Gasteiger partial charge in [0, 0.05) is 20.2 Å². The highest BCUT2D eigenvalue weighted by atomic mass is 16.5. The number of nitrogens with one attached hydrogen (secondary N) is 2. The van der Waals surface area contributed by atoms with Crippen LogP contribution < -0.4 is 10.6 Å². The second kappa shape index (κ2) is 14.6. The Morgan fingerprint density at radius 3 is 2.11 bits per heavy atom. The number of amides is 2. The zero-order valence-electron chi connectivity index (χ0n) is 16.7. The second-order valence-corrected chi connectivity index (χ2v) is 6.67. The van der Waals surface area contributed by atoms with Gasteiger partial charge in [-0.1, -0.05) is 37.1 Å². The average Bonchev–Trinajstić information content (AvgIpc) is 2.69. The van der Waals surface area contributed by atoms with E-state index in [1.54, 1.807) is 0 Å². The van der Waals surface area contributed by atoms with Crippen LogP contribution in [0.2, 0.25) is 0 Å². The first kappa shape index (κ1) is 23.6. The molecule has 1 aromatic rings. The van der Waals surface area contributed by atoms with Crippen molar-refractivity contribution in [2.24, 2.45) is 0 Å². The molecule has 0 aliphatic heterocycles. The number of unbranched alkanes of at least 4 members (excludes halogenated alkanes) is 4. The van der Waals surface area contributed by atoms with E-state index in [1.165, 1.54) is 18.2 Å². The molecule has 28 heavy (non-hydrogen) atoms. The first-order valence-electron chi connectivity index (χ1n) is 9.90. The Morgan fingerprint density at radius 1 is 0.893 bits per heavy atom. The highest BCUT2D eigenvalue weighted by Crippen LogP contribution is 2.15. The minimum Gasteiger partial charge on any atom is -0.480 e. The summed E-state index contributed by atoms with van der Waals surface area (Å²) in [6.07, 6.45) is 7.87. The number of aliphatic carboxylic acids is 1. The number of carbonyl (C=O) groups excluding carboxylic acids is 2. The molecule has 0 aliphatic rings. The van der Waals surface area contributed by atoms with Crippen LogP contribution in [0.4, 0.5) is 0 Å². The quantitative estimate of drug-likeness (QED) is 0.332. The number of hydrogen-bond acceptors (Lipinski definition) is 4. The van der Waals surface area contributed by atoms with E-state index in [-0.39, 0.29) is 6.61 Å². The van der Waals surface area contributed by atoms with Gasteiger partial charge >= 0.3 is 17.8 Å². The SMILES string of the molecule is CNC(=O)C(=O)NCCCCc1ccccc1CCCCCCOCC(=O)O. The molecule has 156 valence electrons. The van der Waals surface area contributed by atoms with Crippen molar-refractivity contribution >= 4 is 17.8 Å². The predicted molar refractivity (Wildman–Crippen MR) is 107 cm³/mol. The van der Waals surface area contributed by atoms with Crippen molar-refractivity contribution in [2.75, 3.05) is 26.8 Å². The van der Waals surface area contributed by atoms with Gasteiger partial charge in [-0.2, -0.15) is 0 Å². The molecule has 0 spiro atoms. The predicted octanol–water partition coefficient (Wildman–Crippen LogP) is 2.08. The van der Waals surface area contributed by atoms with Gasteiger partial charge in [0.1, 0.15) is 6.61 Å². The topological polar surface area (TPSA) is 105 Å². The van der Waals surface area contributed by atoms with Gasteiger partial charge in [0.25, 0.3) is 0 Å². The van der Waals surface area contributed by atoms with Gasteiger partial charge in [-0.15, -0.1) is 0 Å². The third kappa shape index (κ3) is 10.7. The molecule has 0 unspecified atom stereocenters. The summed E-state index contributed by atoms with van der Waals surface area (Å²) in [5, 5.41) is 13.4. The van der Waals surface area contributed by atoms with Gasteiger partial charge in [-0.05, 0) is 49.7 Å². The van der Waals surface area contributed by atoms with Gasteiger partial charge in [0.15, 0.2) is 0 Å². The van der Waals surface area contributed by atoms with E-state index in [9.17, 15) is 14.4 Å². The molecule has 0 bridgehead atoms. The van der Waals surface area contributed by atoms with E-state index in [4.69, 9.17) is 9.84 Å². The molecule has 0 fully saturated rings. The second-order valence-electron chi connectivity index (χ2n) is 6.67. The smallest absolute Gasteiger partial charge is 0.329 e. The Kier molecular flexibility index (Phi) is 12.3. The summed E-state index contributed by atoms with van der Waals surface area (Å²) in [5.41, 5.74) is 2.70. The third-order valence-corrected chi connectivity index (χ3v) is 4.42. The number of ether oxygens (including phenoxy) is 1. The summed E-state index contributed by atoms with van der Waals surface area (Å²) < 4.78 is 5.03. The van der Waals surface area contributed by atoms with Crippen molar-refractivity contribution in [1.29, 1.82) is 0 Å². The maximum Gasteiger partial charge on any atom is 0.329 e. The van der Waals surface area contributed by atoms with Gasteiger partial charge < -0.3 is 20.5 Å². The molecule has 1 rings (SSSR count). The van der Waals surface area contributed by atoms with Crippen LogP contribution in [-0.4, -0.2) is 49.7 Å². The van der Waals surface area contributed by atoms with E-state index in [0.717, 1.165) is 51.4 Å². The van der Waals surface area contributed by atoms with Crippen LogP contribution in [0.3, 0.4) is 0 Å². The molecule has 2 amide bonds. The van der Waals surface area contributed by atoms with Crippen LogP contribution >= 0.6 is 0 Å². The minimum absolute atomic E-state index is 0.219. The zero-order valence-corrected chi connectivity index (χ0v) is 16.7. The van der Waals surface area contributed by atoms with Gasteiger partial charge in [-0.25, -0.2) is 4.79 Å². The van der Waals surface area contributed by atoms with Crippen LogP contribution in [0.25, 0.3) is 0 Å². The van der Waals surface area contributed by atoms with Crippen LogP contribution in [0, 0.1) is 0 Å². The van der Waals surface area contributed by atoms with Crippen molar-refractivity contribution in [3.8, 4) is 0 Å². The number of hydrogen-bond donors (Lipinski definition) is 3. The van der Waals surface area contributed by atoms with Crippen molar-refractivity contribution in [1.82, 2.24) is 10.6 Å². The Hall–Kier alpha value is -2.41. The van der Waals surface area contributed by atoms with E-state index in [0.29, 0.717) is 13.2 Å². The number of likely N-dealkylation sites (N-methyl/N-ethyl adjacent to an activating group) is 1. The summed E-state index contributed by atoms with van der Waals surface area (Å²) in [5.74, 6) is -2.12. The first-order valence-corrected chi connectivity index (χ1v) is 9.90.